The topological polar surface area (TPSA) is 66.4 Å². The number of aryl methyl sites for hydroxylation is 2. The highest BCUT2D eigenvalue weighted by atomic mass is 19.4. The number of hydrogen-bond donors (Lipinski definition) is 2. The van der Waals surface area contributed by atoms with Gasteiger partial charge in [0.05, 0.1) is 11.5 Å². The second-order valence-corrected chi connectivity index (χ2v) is 6.04. The molecule has 0 bridgehead atoms. The summed E-state index contributed by atoms with van der Waals surface area (Å²) in [7, 11) is 0. The minimum Gasteiger partial charge on any atom is -0.478 e. The number of benzene rings is 2. The number of carboxylic acids is 1. The molecule has 26 heavy (non-hydrogen) atoms. The van der Waals surface area contributed by atoms with Crippen molar-refractivity contribution in [3.63, 3.8) is 0 Å². The zero-order valence-corrected chi connectivity index (χ0v) is 14.2. The van der Waals surface area contributed by atoms with Crippen LogP contribution in [0.1, 0.15) is 39.4 Å². The highest BCUT2D eigenvalue weighted by Crippen LogP contribution is 2.37. The lowest BCUT2D eigenvalue weighted by Crippen LogP contribution is -2.26. The molecule has 4 nitrogen and oxygen atoms in total. The van der Waals surface area contributed by atoms with Crippen LogP contribution in [0, 0.1) is 13.8 Å². The number of alkyl halides is 3. The van der Waals surface area contributed by atoms with Gasteiger partial charge >= 0.3 is 12.1 Å². The van der Waals surface area contributed by atoms with Crippen LogP contribution in [0.2, 0.25) is 0 Å². The smallest absolute Gasteiger partial charge is 0.396 e. The molecule has 1 amide bonds. The molecular formula is C19H18F3NO3. The van der Waals surface area contributed by atoms with E-state index in [2.05, 4.69) is 5.32 Å². The summed E-state index contributed by atoms with van der Waals surface area (Å²) >= 11 is 0. The molecule has 7 heteroatoms. The number of amides is 1. The number of anilines is 1. The average Bonchev–Trinajstić information content (AvgIpc) is 2.54. The molecular weight excluding hydrogens is 347 g/mol. The Morgan fingerprint density at radius 1 is 1.08 bits per heavy atom. The second-order valence-electron chi connectivity index (χ2n) is 6.04. The number of aromatic carboxylic acids is 1. The molecule has 0 heterocycles. The zero-order valence-electron chi connectivity index (χ0n) is 14.2. The molecule has 0 aliphatic heterocycles. The number of carboxylic acid groups (broad SMARTS) is 1. The summed E-state index contributed by atoms with van der Waals surface area (Å²) in [4.78, 5) is 23.4. The van der Waals surface area contributed by atoms with Crippen molar-refractivity contribution < 1.29 is 27.9 Å². The van der Waals surface area contributed by atoms with Crippen molar-refractivity contribution >= 4 is 17.6 Å². The maximum absolute atomic E-state index is 13.3. The molecule has 0 radical (unpaired) electrons. The van der Waals surface area contributed by atoms with Gasteiger partial charge in [0.1, 0.15) is 0 Å². The zero-order chi connectivity index (χ0) is 19.5. The first-order chi connectivity index (χ1) is 12.1. The van der Waals surface area contributed by atoms with Gasteiger partial charge in [-0.3, -0.25) is 4.79 Å². The third kappa shape index (κ3) is 4.62. The fourth-order valence-corrected chi connectivity index (χ4v) is 2.71. The third-order valence-electron chi connectivity index (χ3n) is 4.06. The highest BCUT2D eigenvalue weighted by molar-refractivity contribution is 5.96. The molecule has 1 atom stereocenters. The van der Waals surface area contributed by atoms with Crippen LogP contribution in [0.15, 0.2) is 42.5 Å². The summed E-state index contributed by atoms with van der Waals surface area (Å²) in [6, 6.07) is 10.0. The molecule has 2 rings (SSSR count). The molecule has 2 aromatic carbocycles. The molecule has 1 unspecified atom stereocenters. The van der Waals surface area contributed by atoms with Crippen LogP contribution >= 0.6 is 0 Å². The predicted octanol–water partition coefficient (Wildman–Crippen LogP) is 4.68. The van der Waals surface area contributed by atoms with Gasteiger partial charge in [0.2, 0.25) is 5.91 Å². The largest absolute Gasteiger partial charge is 0.478 e. The van der Waals surface area contributed by atoms with Crippen LogP contribution in [-0.4, -0.2) is 23.2 Å². The van der Waals surface area contributed by atoms with E-state index in [0.29, 0.717) is 11.1 Å². The minimum atomic E-state index is -4.58. The van der Waals surface area contributed by atoms with Gasteiger partial charge in [0.15, 0.2) is 0 Å². The molecule has 0 saturated carbocycles. The van der Waals surface area contributed by atoms with Gasteiger partial charge in [-0.1, -0.05) is 36.4 Å². The summed E-state index contributed by atoms with van der Waals surface area (Å²) in [5.41, 5.74) is 1.25. The monoisotopic (exact) mass is 365 g/mol. The SMILES string of the molecule is Cc1cc(C)c(C(=O)O)cc1NC(=O)CC(c1ccccc1)C(F)(F)F. The molecule has 0 saturated heterocycles. The Labute approximate surface area is 148 Å². The van der Waals surface area contributed by atoms with Gasteiger partial charge in [-0.15, -0.1) is 0 Å². The number of hydrogen-bond acceptors (Lipinski definition) is 2. The maximum atomic E-state index is 13.3. The molecule has 0 fully saturated rings. The summed E-state index contributed by atoms with van der Waals surface area (Å²) < 4.78 is 40.0. The quantitative estimate of drug-likeness (QED) is 0.809. The summed E-state index contributed by atoms with van der Waals surface area (Å²) in [5, 5.41) is 11.6. The Kier molecular flexibility index (Phi) is 5.69. The first-order valence-electron chi connectivity index (χ1n) is 7.85. The number of carbonyl (C=O) groups excluding carboxylic acids is 1. The lowest BCUT2D eigenvalue weighted by Gasteiger charge is -2.21. The molecule has 0 aliphatic rings. The van der Waals surface area contributed by atoms with Gasteiger partial charge in [-0.2, -0.15) is 13.2 Å². The number of halogens is 3. The van der Waals surface area contributed by atoms with Gasteiger partial charge < -0.3 is 10.4 Å². The van der Waals surface area contributed by atoms with Gasteiger partial charge in [0, 0.05) is 12.1 Å². The van der Waals surface area contributed by atoms with E-state index >= 15 is 0 Å². The van der Waals surface area contributed by atoms with Crippen LogP contribution in [0.4, 0.5) is 18.9 Å². The van der Waals surface area contributed by atoms with Gasteiger partial charge in [-0.25, -0.2) is 4.79 Å². The molecule has 0 spiro atoms. The number of carbonyl (C=O) groups is 2. The van der Waals surface area contributed by atoms with Crippen molar-refractivity contribution in [1.82, 2.24) is 0 Å². The van der Waals surface area contributed by atoms with E-state index in [1.807, 2.05) is 0 Å². The van der Waals surface area contributed by atoms with Crippen LogP contribution < -0.4 is 5.32 Å². The minimum absolute atomic E-state index is 0.00185. The molecule has 138 valence electrons. The van der Waals surface area contributed by atoms with Crippen molar-refractivity contribution in [3.8, 4) is 0 Å². The van der Waals surface area contributed by atoms with Crippen molar-refractivity contribution in [3.05, 3.63) is 64.7 Å². The Morgan fingerprint density at radius 3 is 2.23 bits per heavy atom. The maximum Gasteiger partial charge on any atom is 0.396 e. The molecule has 0 aliphatic carbocycles. The summed E-state index contributed by atoms with van der Waals surface area (Å²) in [5.74, 6) is -3.94. The van der Waals surface area contributed by atoms with E-state index in [1.165, 1.54) is 30.3 Å². The van der Waals surface area contributed by atoms with Crippen LogP contribution in [-0.2, 0) is 4.79 Å². The summed E-state index contributed by atoms with van der Waals surface area (Å²) in [6.45, 7) is 3.25. The van der Waals surface area contributed by atoms with E-state index in [1.54, 1.807) is 26.0 Å². The van der Waals surface area contributed by atoms with Crippen molar-refractivity contribution in [1.29, 1.82) is 0 Å². The first-order valence-corrected chi connectivity index (χ1v) is 7.85. The Hall–Kier alpha value is -2.83. The van der Waals surface area contributed by atoms with Crippen molar-refractivity contribution in [2.45, 2.75) is 32.4 Å². The molecule has 2 N–H and O–H groups in total. The molecule has 2 aromatic rings. The summed E-state index contributed by atoms with van der Waals surface area (Å²) in [6.07, 6.45) is -5.36. The number of rotatable bonds is 5. The van der Waals surface area contributed by atoms with Crippen LogP contribution in [0.5, 0.6) is 0 Å². The Morgan fingerprint density at radius 2 is 1.69 bits per heavy atom. The fraction of sp³-hybridized carbons (Fsp3) is 0.263. The molecule has 0 aromatic heterocycles. The average molecular weight is 365 g/mol. The third-order valence-corrected chi connectivity index (χ3v) is 4.06. The fourth-order valence-electron chi connectivity index (χ4n) is 2.71. The van der Waals surface area contributed by atoms with E-state index in [-0.39, 0.29) is 16.8 Å². The first kappa shape index (κ1) is 19.5. The van der Waals surface area contributed by atoms with Crippen molar-refractivity contribution in [2.75, 3.05) is 5.32 Å². The predicted molar refractivity (Wildman–Crippen MR) is 91.4 cm³/mol. The van der Waals surface area contributed by atoms with E-state index in [4.69, 9.17) is 5.11 Å². The second kappa shape index (κ2) is 7.59. The van der Waals surface area contributed by atoms with Gasteiger partial charge in [-0.05, 0) is 36.6 Å². The lowest BCUT2D eigenvalue weighted by atomic mass is 9.94. The highest BCUT2D eigenvalue weighted by Gasteiger charge is 2.41. The van der Waals surface area contributed by atoms with Crippen LogP contribution in [0.3, 0.4) is 0 Å². The Bertz CT molecular complexity index is 817. The van der Waals surface area contributed by atoms with E-state index < -0.39 is 30.4 Å². The Balaban J connectivity index is 2.24. The number of nitrogens with one attached hydrogen (secondary N) is 1. The van der Waals surface area contributed by atoms with Crippen molar-refractivity contribution in [2.24, 2.45) is 0 Å². The van der Waals surface area contributed by atoms with E-state index in [9.17, 15) is 22.8 Å². The van der Waals surface area contributed by atoms with E-state index in [0.717, 1.165) is 0 Å². The van der Waals surface area contributed by atoms with Crippen LogP contribution in [0.25, 0.3) is 0 Å². The lowest BCUT2D eigenvalue weighted by molar-refractivity contribution is -0.155. The van der Waals surface area contributed by atoms with Gasteiger partial charge in [0.25, 0.3) is 0 Å². The standard InChI is InChI=1S/C19H18F3NO3/c1-11-8-12(2)16(9-14(11)18(25)26)23-17(24)10-15(19(20,21)22)13-6-4-3-5-7-13/h3-9,15H,10H2,1-2H3,(H,23,24)(H,25,26). The normalized spacial score (nSPS) is 12.5.